The molecule has 2 N–H and O–H groups in total. The van der Waals surface area contributed by atoms with Crippen LogP contribution < -0.4 is 10.6 Å². The van der Waals surface area contributed by atoms with Crippen LogP contribution in [0.4, 0.5) is 0 Å². The number of carbonyl (C=O) groups is 1. The number of hydrogen-bond donors (Lipinski definition) is 2. The van der Waals surface area contributed by atoms with Crippen molar-refractivity contribution in [2.45, 2.75) is 30.9 Å². The predicted molar refractivity (Wildman–Crippen MR) is 61.7 cm³/mol. The van der Waals surface area contributed by atoms with Crippen molar-refractivity contribution in [3.8, 4) is 0 Å². The van der Waals surface area contributed by atoms with E-state index >= 15 is 0 Å². The maximum atomic E-state index is 11.3. The highest BCUT2D eigenvalue weighted by molar-refractivity contribution is 8.00. The highest BCUT2D eigenvalue weighted by atomic mass is 32.2. The minimum absolute atomic E-state index is 0.124. The van der Waals surface area contributed by atoms with Crippen LogP contribution in [0, 0.1) is 0 Å². The Morgan fingerprint density at radius 3 is 2.71 bits per heavy atom. The molecule has 0 aliphatic heterocycles. The number of amides is 1. The Balaban J connectivity index is 2.03. The molecule has 14 heavy (non-hydrogen) atoms. The van der Waals surface area contributed by atoms with E-state index in [0.29, 0.717) is 11.3 Å². The highest BCUT2D eigenvalue weighted by Crippen LogP contribution is 2.46. The van der Waals surface area contributed by atoms with Crippen molar-refractivity contribution in [3.05, 3.63) is 0 Å². The Morgan fingerprint density at radius 1 is 1.50 bits per heavy atom. The Labute approximate surface area is 90.4 Å². The van der Waals surface area contributed by atoms with E-state index in [1.165, 1.54) is 12.8 Å². The summed E-state index contributed by atoms with van der Waals surface area (Å²) in [6, 6.07) is 0. The zero-order valence-electron chi connectivity index (χ0n) is 9.06. The van der Waals surface area contributed by atoms with Crippen LogP contribution in [-0.4, -0.2) is 36.5 Å². The summed E-state index contributed by atoms with van der Waals surface area (Å²) in [4.78, 5) is 11.3. The van der Waals surface area contributed by atoms with Crippen molar-refractivity contribution in [2.24, 2.45) is 0 Å². The topological polar surface area (TPSA) is 41.1 Å². The summed E-state index contributed by atoms with van der Waals surface area (Å²) in [5.74, 6) is 0.124. The second kappa shape index (κ2) is 5.61. The van der Waals surface area contributed by atoms with Crippen molar-refractivity contribution in [1.82, 2.24) is 10.6 Å². The van der Waals surface area contributed by atoms with Crippen LogP contribution in [-0.2, 0) is 4.79 Å². The van der Waals surface area contributed by atoms with E-state index in [0.717, 1.165) is 19.5 Å². The third-order valence-corrected chi connectivity index (χ3v) is 3.98. The summed E-state index contributed by atoms with van der Waals surface area (Å²) in [7, 11) is 0. The number of carbonyl (C=O) groups excluding carboxylic acids is 1. The second-order valence-electron chi connectivity index (χ2n) is 3.84. The van der Waals surface area contributed by atoms with Crippen LogP contribution >= 0.6 is 11.8 Å². The van der Waals surface area contributed by atoms with Crippen molar-refractivity contribution in [3.63, 3.8) is 0 Å². The minimum atomic E-state index is 0.124. The van der Waals surface area contributed by atoms with Crippen molar-refractivity contribution in [2.75, 3.05) is 25.9 Å². The zero-order valence-corrected chi connectivity index (χ0v) is 9.88. The Hall–Kier alpha value is -0.220. The van der Waals surface area contributed by atoms with Gasteiger partial charge in [0.1, 0.15) is 0 Å². The molecule has 0 radical (unpaired) electrons. The number of hydrogen-bond acceptors (Lipinski definition) is 3. The van der Waals surface area contributed by atoms with E-state index in [9.17, 15) is 4.79 Å². The van der Waals surface area contributed by atoms with Crippen LogP contribution in [0.1, 0.15) is 26.2 Å². The van der Waals surface area contributed by atoms with Crippen LogP contribution in [0.15, 0.2) is 0 Å². The van der Waals surface area contributed by atoms with Crippen LogP contribution in [0.25, 0.3) is 0 Å². The molecule has 3 nitrogen and oxygen atoms in total. The molecule has 0 heterocycles. The van der Waals surface area contributed by atoms with Gasteiger partial charge in [0.2, 0.25) is 5.91 Å². The van der Waals surface area contributed by atoms with E-state index in [2.05, 4.69) is 23.8 Å². The van der Waals surface area contributed by atoms with Gasteiger partial charge in [-0.1, -0.05) is 6.92 Å². The van der Waals surface area contributed by atoms with Gasteiger partial charge in [0.15, 0.2) is 0 Å². The van der Waals surface area contributed by atoms with Crippen molar-refractivity contribution >= 4 is 17.7 Å². The fourth-order valence-corrected chi connectivity index (χ4v) is 2.02. The summed E-state index contributed by atoms with van der Waals surface area (Å²) in [6.45, 7) is 4.30. The molecule has 0 spiro atoms. The highest BCUT2D eigenvalue weighted by Gasteiger charge is 2.41. The maximum absolute atomic E-state index is 11.3. The first-order valence-electron chi connectivity index (χ1n) is 5.25. The molecule has 1 amide bonds. The summed E-state index contributed by atoms with van der Waals surface area (Å²) in [6.07, 6.45) is 5.68. The lowest BCUT2D eigenvalue weighted by Gasteiger charge is -2.13. The standard InChI is InChI=1S/C10H20N2OS/c1-3-6-11-7-9(13)12-8-10(14-2)4-5-10/h11H,3-8H2,1-2H3,(H,12,13). The molecule has 1 saturated carbocycles. The van der Waals surface area contributed by atoms with E-state index in [1.807, 2.05) is 11.8 Å². The van der Waals surface area contributed by atoms with Gasteiger partial charge in [-0.2, -0.15) is 11.8 Å². The normalized spacial score (nSPS) is 17.9. The molecule has 0 aromatic rings. The van der Waals surface area contributed by atoms with Crippen molar-refractivity contribution < 1.29 is 4.79 Å². The Morgan fingerprint density at radius 2 is 2.21 bits per heavy atom. The van der Waals surface area contributed by atoms with Gasteiger partial charge in [0.05, 0.1) is 6.54 Å². The molecule has 1 aliphatic carbocycles. The monoisotopic (exact) mass is 216 g/mol. The van der Waals surface area contributed by atoms with Gasteiger partial charge >= 0.3 is 0 Å². The minimum Gasteiger partial charge on any atom is -0.354 e. The number of thioether (sulfide) groups is 1. The molecule has 1 aliphatic rings. The molecule has 0 saturated heterocycles. The van der Waals surface area contributed by atoms with E-state index < -0.39 is 0 Å². The summed E-state index contributed by atoms with van der Waals surface area (Å²) >= 11 is 1.87. The van der Waals surface area contributed by atoms with E-state index in [1.54, 1.807) is 0 Å². The maximum Gasteiger partial charge on any atom is 0.234 e. The first-order valence-corrected chi connectivity index (χ1v) is 6.47. The third kappa shape index (κ3) is 3.88. The van der Waals surface area contributed by atoms with E-state index in [4.69, 9.17) is 0 Å². The molecular formula is C10H20N2OS. The van der Waals surface area contributed by atoms with Gasteiger partial charge in [-0.05, 0) is 32.1 Å². The van der Waals surface area contributed by atoms with Gasteiger partial charge < -0.3 is 10.6 Å². The Bertz CT molecular complexity index is 193. The molecule has 82 valence electrons. The Kier molecular flexibility index (Phi) is 4.75. The molecule has 0 bridgehead atoms. The first kappa shape index (κ1) is 11.9. The van der Waals surface area contributed by atoms with Gasteiger partial charge in [-0.3, -0.25) is 4.79 Å². The molecular weight excluding hydrogens is 196 g/mol. The SMILES string of the molecule is CCCNCC(=O)NCC1(SC)CC1. The fraction of sp³-hybridized carbons (Fsp3) is 0.900. The summed E-state index contributed by atoms with van der Waals surface area (Å²) in [5.41, 5.74) is 0. The van der Waals surface area contributed by atoms with E-state index in [-0.39, 0.29) is 5.91 Å². The lowest BCUT2D eigenvalue weighted by atomic mass is 10.4. The lowest BCUT2D eigenvalue weighted by Crippen LogP contribution is -2.38. The lowest BCUT2D eigenvalue weighted by molar-refractivity contribution is -0.120. The quantitative estimate of drug-likeness (QED) is 0.624. The molecule has 4 heteroatoms. The largest absolute Gasteiger partial charge is 0.354 e. The summed E-state index contributed by atoms with van der Waals surface area (Å²) < 4.78 is 0.375. The van der Waals surface area contributed by atoms with Crippen LogP contribution in [0.3, 0.4) is 0 Å². The predicted octanol–water partition coefficient (Wildman–Crippen LogP) is 0.998. The molecule has 1 fully saturated rings. The molecule has 1 rings (SSSR count). The zero-order chi connectivity index (χ0) is 10.4. The fourth-order valence-electron chi connectivity index (χ4n) is 1.29. The molecule has 0 atom stereocenters. The first-order chi connectivity index (χ1) is 6.72. The smallest absolute Gasteiger partial charge is 0.234 e. The van der Waals surface area contributed by atoms with Gasteiger partial charge in [-0.25, -0.2) is 0 Å². The van der Waals surface area contributed by atoms with Gasteiger partial charge in [0.25, 0.3) is 0 Å². The molecule has 0 aromatic heterocycles. The summed E-state index contributed by atoms with van der Waals surface area (Å²) in [5, 5.41) is 6.06. The average molecular weight is 216 g/mol. The third-order valence-electron chi connectivity index (χ3n) is 2.56. The van der Waals surface area contributed by atoms with Gasteiger partial charge in [-0.15, -0.1) is 0 Å². The second-order valence-corrected chi connectivity index (χ2v) is 5.11. The van der Waals surface area contributed by atoms with Crippen LogP contribution in [0.5, 0.6) is 0 Å². The number of nitrogens with one attached hydrogen (secondary N) is 2. The molecule has 0 unspecified atom stereocenters. The molecule has 0 aromatic carbocycles. The van der Waals surface area contributed by atoms with Gasteiger partial charge in [0, 0.05) is 11.3 Å². The van der Waals surface area contributed by atoms with Crippen molar-refractivity contribution in [1.29, 1.82) is 0 Å². The number of rotatable bonds is 7. The average Bonchev–Trinajstić information content (AvgIpc) is 2.96. The van der Waals surface area contributed by atoms with Crippen LogP contribution in [0.2, 0.25) is 0 Å².